The number of anilines is 2. The van der Waals surface area contributed by atoms with E-state index in [1.165, 1.54) is 44.8 Å². The van der Waals surface area contributed by atoms with E-state index in [-0.39, 0.29) is 0 Å². The van der Waals surface area contributed by atoms with Crippen molar-refractivity contribution < 1.29 is 18.9 Å². The van der Waals surface area contributed by atoms with Crippen molar-refractivity contribution in [1.82, 2.24) is 0 Å². The van der Waals surface area contributed by atoms with Crippen molar-refractivity contribution in [2.45, 2.75) is 71.4 Å². The molecule has 4 atom stereocenters. The molecule has 0 spiro atoms. The molecule has 0 bridgehead atoms. The number of hydrogen-bond acceptors (Lipinski definition) is 6. The Labute approximate surface area is 221 Å². The van der Waals surface area contributed by atoms with Crippen LogP contribution in [-0.2, 0) is 38.2 Å². The average molecular weight is 507 g/mol. The largest absolute Gasteiger partial charge is 0.371 e. The zero-order valence-corrected chi connectivity index (χ0v) is 22.9. The maximum absolute atomic E-state index is 5.59. The second-order valence-electron chi connectivity index (χ2n) is 11.4. The predicted molar refractivity (Wildman–Crippen MR) is 147 cm³/mol. The van der Waals surface area contributed by atoms with Crippen LogP contribution in [0.5, 0.6) is 0 Å². The van der Waals surface area contributed by atoms with Gasteiger partial charge in [0.15, 0.2) is 0 Å². The fraction of sp³-hybridized carbons (Fsp3) is 0.613. The molecule has 6 nitrogen and oxygen atoms in total. The Morgan fingerprint density at radius 1 is 0.595 bits per heavy atom. The second-order valence-corrected chi connectivity index (χ2v) is 11.4. The summed E-state index contributed by atoms with van der Waals surface area (Å²) in [4.78, 5) is 5.03. The van der Waals surface area contributed by atoms with Crippen LogP contribution in [0.4, 0.5) is 11.4 Å². The number of nitrogens with zero attached hydrogens (tertiary/aromatic N) is 2. The first-order valence-corrected chi connectivity index (χ1v) is 14.2. The van der Waals surface area contributed by atoms with Crippen molar-refractivity contribution in [3.05, 3.63) is 57.6 Å². The van der Waals surface area contributed by atoms with Crippen LogP contribution in [0.2, 0.25) is 0 Å². The zero-order valence-electron chi connectivity index (χ0n) is 22.9. The summed E-state index contributed by atoms with van der Waals surface area (Å²) >= 11 is 0. The van der Waals surface area contributed by atoms with Crippen LogP contribution >= 0.6 is 0 Å². The molecule has 37 heavy (non-hydrogen) atoms. The number of epoxide rings is 4. The predicted octanol–water partition coefficient (Wildman–Crippen LogP) is 4.23. The van der Waals surface area contributed by atoms with Crippen molar-refractivity contribution in [1.29, 1.82) is 0 Å². The van der Waals surface area contributed by atoms with Crippen LogP contribution in [0.3, 0.4) is 0 Å². The van der Waals surface area contributed by atoms with Crippen LogP contribution in [-0.4, -0.2) is 77.0 Å². The first-order chi connectivity index (χ1) is 18.0. The van der Waals surface area contributed by atoms with Crippen LogP contribution < -0.4 is 9.80 Å². The Balaban J connectivity index is 1.25. The molecule has 0 aliphatic carbocycles. The second kappa shape index (κ2) is 10.6. The highest BCUT2D eigenvalue weighted by Gasteiger charge is 2.33. The molecule has 4 heterocycles. The maximum atomic E-state index is 5.59. The van der Waals surface area contributed by atoms with Gasteiger partial charge in [-0.15, -0.1) is 0 Å². The van der Waals surface area contributed by atoms with E-state index in [2.05, 4.69) is 61.8 Å². The van der Waals surface area contributed by atoms with Gasteiger partial charge in [-0.25, -0.2) is 0 Å². The highest BCUT2D eigenvalue weighted by molar-refractivity contribution is 5.64. The highest BCUT2D eigenvalue weighted by Crippen LogP contribution is 2.34. The topological polar surface area (TPSA) is 56.6 Å². The third-order valence-electron chi connectivity index (χ3n) is 7.99. The van der Waals surface area contributed by atoms with Crippen LogP contribution in [0.15, 0.2) is 24.3 Å². The Morgan fingerprint density at radius 2 is 0.919 bits per heavy atom. The van der Waals surface area contributed by atoms with Gasteiger partial charge in [-0.3, -0.25) is 0 Å². The van der Waals surface area contributed by atoms with Gasteiger partial charge in [-0.1, -0.05) is 38.1 Å². The van der Waals surface area contributed by atoms with E-state index >= 15 is 0 Å². The number of rotatable bonds is 14. The first-order valence-electron chi connectivity index (χ1n) is 14.2. The van der Waals surface area contributed by atoms with Crippen molar-refractivity contribution in [2.75, 3.05) is 62.4 Å². The number of aryl methyl sites for hydroxylation is 4. The van der Waals surface area contributed by atoms with E-state index in [1.54, 1.807) is 0 Å². The molecular formula is C31H42N2O4. The van der Waals surface area contributed by atoms with Crippen molar-refractivity contribution in [3.63, 3.8) is 0 Å². The van der Waals surface area contributed by atoms with E-state index in [0.29, 0.717) is 24.4 Å². The molecule has 0 amide bonds. The summed E-state index contributed by atoms with van der Waals surface area (Å²) in [6.07, 6.45) is 4.48. The lowest BCUT2D eigenvalue weighted by Crippen LogP contribution is -2.33. The highest BCUT2D eigenvalue weighted by atomic mass is 16.6. The first kappa shape index (κ1) is 25.2. The average Bonchev–Trinajstić information content (AvgIpc) is 3.65. The molecule has 2 aromatic carbocycles. The third-order valence-corrected chi connectivity index (χ3v) is 7.99. The lowest BCUT2D eigenvalue weighted by atomic mass is 9.93. The van der Waals surface area contributed by atoms with Crippen molar-refractivity contribution >= 4 is 11.4 Å². The molecule has 4 aliphatic heterocycles. The minimum Gasteiger partial charge on any atom is -0.371 e. The quantitative estimate of drug-likeness (QED) is 0.358. The fourth-order valence-corrected chi connectivity index (χ4v) is 5.94. The minimum atomic E-state index is 0.369. The molecule has 6 heteroatoms. The molecule has 4 saturated heterocycles. The van der Waals surface area contributed by atoms with Gasteiger partial charge in [0.2, 0.25) is 0 Å². The standard InChI is InChI=1S/C31H42N2O4/c1-5-24-10-22(7-20(3)30(24)32(12-26-16-34-26)13-27-17-35-27)9-23-8-21(4)31(25(6-2)11-23)33(14-28-18-36-28)15-29-19-37-29/h7-8,10-11,26-29H,5-6,9,12-19H2,1-4H3. The Bertz CT molecular complexity index is 1000. The van der Waals surface area contributed by atoms with Gasteiger partial charge in [-0.05, 0) is 66.5 Å². The minimum absolute atomic E-state index is 0.369. The van der Waals surface area contributed by atoms with Gasteiger partial charge in [0.1, 0.15) is 0 Å². The smallest absolute Gasteiger partial charge is 0.0984 e. The summed E-state index contributed by atoms with van der Waals surface area (Å²) in [5, 5.41) is 0. The molecule has 6 rings (SSSR count). The molecule has 200 valence electrons. The van der Waals surface area contributed by atoms with E-state index in [0.717, 1.165) is 71.9 Å². The van der Waals surface area contributed by atoms with Crippen LogP contribution in [0.1, 0.15) is 47.2 Å². The Hall–Kier alpha value is -2.12. The number of hydrogen-bond donors (Lipinski definition) is 0. The van der Waals surface area contributed by atoms with Gasteiger partial charge in [0.05, 0.1) is 50.8 Å². The Morgan fingerprint density at radius 3 is 1.19 bits per heavy atom. The lowest BCUT2D eigenvalue weighted by molar-refractivity contribution is 0.388. The van der Waals surface area contributed by atoms with Crippen LogP contribution in [0, 0.1) is 13.8 Å². The molecule has 4 aliphatic rings. The molecule has 0 aromatic heterocycles. The van der Waals surface area contributed by atoms with E-state index in [9.17, 15) is 0 Å². The SMILES string of the molecule is CCc1cc(Cc2cc(C)c(N(CC3CO3)CC3CO3)c(CC)c2)cc(C)c1N(CC1CO1)CC1CO1. The summed E-state index contributed by atoms with van der Waals surface area (Å²) < 4.78 is 22.3. The van der Waals surface area contributed by atoms with Crippen molar-refractivity contribution in [3.8, 4) is 0 Å². The van der Waals surface area contributed by atoms with E-state index in [1.807, 2.05) is 0 Å². The summed E-state index contributed by atoms with van der Waals surface area (Å²) in [5.41, 5.74) is 11.1. The van der Waals surface area contributed by atoms with Crippen LogP contribution in [0.25, 0.3) is 0 Å². The molecular weight excluding hydrogens is 464 g/mol. The van der Waals surface area contributed by atoms with E-state index < -0.39 is 0 Å². The van der Waals surface area contributed by atoms with Crippen molar-refractivity contribution in [2.24, 2.45) is 0 Å². The summed E-state index contributed by atoms with van der Waals surface area (Å²) in [7, 11) is 0. The lowest BCUT2D eigenvalue weighted by Gasteiger charge is -2.29. The molecule has 4 fully saturated rings. The van der Waals surface area contributed by atoms with Gasteiger partial charge >= 0.3 is 0 Å². The van der Waals surface area contributed by atoms with E-state index in [4.69, 9.17) is 18.9 Å². The normalized spacial score (nSPS) is 25.2. The molecule has 0 saturated carbocycles. The summed E-state index contributed by atoms with van der Waals surface area (Å²) in [5.74, 6) is 0. The monoisotopic (exact) mass is 506 g/mol. The Kier molecular flexibility index (Phi) is 7.19. The zero-order chi connectivity index (χ0) is 25.5. The molecule has 4 unspecified atom stereocenters. The summed E-state index contributed by atoms with van der Waals surface area (Å²) in [6.45, 7) is 16.5. The number of ether oxygens (including phenoxy) is 4. The summed E-state index contributed by atoms with van der Waals surface area (Å²) in [6, 6.07) is 9.68. The molecule has 0 N–H and O–H groups in total. The fourth-order valence-electron chi connectivity index (χ4n) is 5.94. The van der Waals surface area contributed by atoms with Gasteiger partial charge in [-0.2, -0.15) is 0 Å². The maximum Gasteiger partial charge on any atom is 0.0984 e. The number of benzene rings is 2. The molecule has 2 aromatic rings. The molecule has 0 radical (unpaired) electrons. The van der Waals surface area contributed by atoms with Gasteiger partial charge < -0.3 is 28.7 Å². The van der Waals surface area contributed by atoms with Gasteiger partial charge in [0.25, 0.3) is 0 Å². The third kappa shape index (κ3) is 6.31. The van der Waals surface area contributed by atoms with Gasteiger partial charge in [0, 0.05) is 37.6 Å².